The van der Waals surface area contributed by atoms with E-state index in [2.05, 4.69) is 30.1 Å². The summed E-state index contributed by atoms with van der Waals surface area (Å²) in [7, 11) is 0.269. The number of ether oxygens (including phenoxy) is 3. The third kappa shape index (κ3) is 5.50. The number of rotatable bonds is 10. The molecule has 0 unspecified atom stereocenters. The Kier molecular flexibility index (Phi) is 8.19. The second-order valence-electron chi connectivity index (χ2n) is 8.59. The molecule has 0 bridgehead atoms. The Labute approximate surface area is 218 Å². The molecule has 1 aliphatic rings. The molecule has 4 atom stereocenters. The molecule has 3 heterocycles. The summed E-state index contributed by atoms with van der Waals surface area (Å²) in [5.74, 6) is 0.0559. The molecule has 0 saturated heterocycles. The van der Waals surface area contributed by atoms with E-state index >= 15 is 0 Å². The zero-order valence-electron chi connectivity index (χ0n) is 20.7. The lowest BCUT2D eigenvalue weighted by Crippen LogP contribution is -2.30. The van der Waals surface area contributed by atoms with Crippen LogP contribution >= 0.6 is 11.6 Å². The average Bonchev–Trinajstić information content (AvgIpc) is 3.50. The number of hydrogen-bond acceptors (Lipinski definition) is 11. The number of halogens is 2. The van der Waals surface area contributed by atoms with Crippen LogP contribution in [-0.2, 0) is 20.3 Å². The SMILES string of the molecule is COc1ncnc(OC)c1-n1c(CS(=O)(=O)[C@@H](C)[C@H](OC)c2ncc(Cl)cn2)nnc1[C@@H]1CC[C@H](F)C1. The normalized spacial score (nSPS) is 19.5. The highest BCUT2D eigenvalue weighted by Gasteiger charge is 2.37. The van der Waals surface area contributed by atoms with Crippen LogP contribution in [-0.4, -0.2) is 75.9 Å². The molecule has 1 fully saturated rings. The third-order valence-electron chi connectivity index (χ3n) is 6.33. The minimum Gasteiger partial charge on any atom is -0.479 e. The minimum absolute atomic E-state index is 0.0717. The average molecular weight is 556 g/mol. The predicted molar refractivity (Wildman–Crippen MR) is 130 cm³/mol. The zero-order chi connectivity index (χ0) is 26.7. The number of hydrogen-bond donors (Lipinski definition) is 0. The highest BCUT2D eigenvalue weighted by Crippen LogP contribution is 2.39. The van der Waals surface area contributed by atoms with Gasteiger partial charge in [0, 0.05) is 25.4 Å². The molecule has 0 N–H and O–H groups in total. The van der Waals surface area contributed by atoms with E-state index in [1.807, 2.05) is 0 Å². The molecule has 3 aromatic rings. The molecule has 0 amide bonds. The van der Waals surface area contributed by atoms with E-state index in [0.717, 1.165) is 0 Å². The fourth-order valence-electron chi connectivity index (χ4n) is 4.41. The second kappa shape index (κ2) is 11.2. The van der Waals surface area contributed by atoms with Gasteiger partial charge in [0.2, 0.25) is 11.8 Å². The summed E-state index contributed by atoms with van der Waals surface area (Å²) in [6, 6.07) is 0. The van der Waals surface area contributed by atoms with Crippen molar-refractivity contribution in [1.82, 2.24) is 34.7 Å². The Morgan fingerprint density at radius 1 is 1.08 bits per heavy atom. The molecule has 12 nitrogen and oxygen atoms in total. The number of alkyl halides is 1. The van der Waals surface area contributed by atoms with Gasteiger partial charge in [-0.05, 0) is 26.2 Å². The standard InChI is InChI=1S/C22H27ClFN7O5S/c1-12(18(34-2)19-25-8-14(23)9-26-19)37(32,33)10-16-29-30-20(13-5-6-15(24)7-13)31(16)17-21(35-3)27-11-28-22(17)36-4/h8-9,11-13,15,18H,5-7,10H2,1-4H3/t12-,13+,15-,18-/m0/s1. The molecule has 37 heavy (non-hydrogen) atoms. The van der Waals surface area contributed by atoms with Crippen molar-refractivity contribution in [3.8, 4) is 17.4 Å². The Bertz CT molecular complexity index is 1320. The minimum atomic E-state index is -3.93. The Hall–Kier alpha value is -2.97. The summed E-state index contributed by atoms with van der Waals surface area (Å²) in [6.07, 6.45) is 3.17. The molecular weight excluding hydrogens is 529 g/mol. The first-order valence-corrected chi connectivity index (χ1v) is 13.5. The second-order valence-corrected chi connectivity index (χ2v) is 11.4. The van der Waals surface area contributed by atoms with Crippen molar-refractivity contribution in [2.75, 3.05) is 21.3 Å². The molecule has 0 radical (unpaired) electrons. The largest absolute Gasteiger partial charge is 0.479 e. The third-order valence-corrected chi connectivity index (χ3v) is 8.56. The van der Waals surface area contributed by atoms with Crippen molar-refractivity contribution in [3.05, 3.63) is 41.2 Å². The van der Waals surface area contributed by atoms with Crippen LogP contribution in [0, 0.1) is 0 Å². The van der Waals surface area contributed by atoms with Crippen LogP contribution in [0.15, 0.2) is 18.7 Å². The summed E-state index contributed by atoms with van der Waals surface area (Å²) < 4.78 is 59.2. The number of methoxy groups -OCH3 is 3. The number of sulfone groups is 1. The van der Waals surface area contributed by atoms with E-state index in [4.69, 9.17) is 25.8 Å². The maximum Gasteiger partial charge on any atom is 0.245 e. The number of nitrogens with zero attached hydrogens (tertiary/aromatic N) is 7. The molecule has 1 saturated carbocycles. The molecule has 4 rings (SSSR count). The van der Waals surface area contributed by atoms with E-state index in [0.29, 0.717) is 23.7 Å². The van der Waals surface area contributed by atoms with Crippen LogP contribution < -0.4 is 9.47 Å². The van der Waals surface area contributed by atoms with Gasteiger partial charge in [0.15, 0.2) is 27.2 Å². The topological polar surface area (TPSA) is 144 Å². The monoisotopic (exact) mass is 555 g/mol. The first kappa shape index (κ1) is 27.1. The lowest BCUT2D eigenvalue weighted by Gasteiger charge is -2.22. The molecule has 200 valence electrons. The predicted octanol–water partition coefficient (Wildman–Crippen LogP) is 2.81. The van der Waals surface area contributed by atoms with Crippen molar-refractivity contribution in [2.24, 2.45) is 0 Å². The molecule has 3 aromatic heterocycles. The Morgan fingerprint density at radius 2 is 1.73 bits per heavy atom. The van der Waals surface area contributed by atoms with Gasteiger partial charge in [0.1, 0.15) is 30.2 Å². The molecule has 0 aliphatic heterocycles. The highest BCUT2D eigenvalue weighted by molar-refractivity contribution is 7.91. The lowest BCUT2D eigenvalue weighted by atomic mass is 10.1. The molecule has 0 spiro atoms. The maximum atomic E-state index is 14.1. The summed E-state index contributed by atoms with van der Waals surface area (Å²) in [6.45, 7) is 1.50. The van der Waals surface area contributed by atoms with Crippen LogP contribution in [0.25, 0.3) is 5.69 Å². The highest BCUT2D eigenvalue weighted by atomic mass is 35.5. The van der Waals surface area contributed by atoms with Crippen molar-refractivity contribution in [2.45, 2.75) is 55.4 Å². The molecule has 0 aromatic carbocycles. The van der Waals surface area contributed by atoms with Crippen LogP contribution in [0.5, 0.6) is 11.8 Å². The number of aromatic nitrogens is 7. The van der Waals surface area contributed by atoms with Crippen LogP contribution in [0.3, 0.4) is 0 Å². The smallest absolute Gasteiger partial charge is 0.245 e. The lowest BCUT2D eigenvalue weighted by molar-refractivity contribution is 0.0948. The molecule has 1 aliphatic carbocycles. The van der Waals surface area contributed by atoms with Gasteiger partial charge in [-0.25, -0.2) is 22.8 Å². The van der Waals surface area contributed by atoms with Gasteiger partial charge in [0.05, 0.1) is 24.5 Å². The fourth-order valence-corrected chi connectivity index (χ4v) is 5.92. The van der Waals surface area contributed by atoms with Gasteiger partial charge in [-0.2, -0.15) is 9.97 Å². The van der Waals surface area contributed by atoms with Gasteiger partial charge in [-0.3, -0.25) is 4.57 Å². The first-order chi connectivity index (χ1) is 17.7. The van der Waals surface area contributed by atoms with Gasteiger partial charge in [-0.15, -0.1) is 10.2 Å². The first-order valence-electron chi connectivity index (χ1n) is 11.4. The fraction of sp³-hybridized carbons (Fsp3) is 0.545. The summed E-state index contributed by atoms with van der Waals surface area (Å²) in [5, 5.41) is 7.73. The summed E-state index contributed by atoms with van der Waals surface area (Å²) in [4.78, 5) is 16.5. The Balaban J connectivity index is 1.78. The maximum absolute atomic E-state index is 14.1. The summed E-state index contributed by atoms with van der Waals surface area (Å²) in [5.41, 5.74) is 0.233. The van der Waals surface area contributed by atoms with Crippen LogP contribution in [0.2, 0.25) is 5.02 Å². The van der Waals surface area contributed by atoms with E-state index in [9.17, 15) is 12.8 Å². The van der Waals surface area contributed by atoms with Gasteiger partial charge >= 0.3 is 0 Å². The van der Waals surface area contributed by atoms with Gasteiger partial charge < -0.3 is 14.2 Å². The summed E-state index contributed by atoms with van der Waals surface area (Å²) >= 11 is 5.87. The van der Waals surface area contributed by atoms with Crippen LogP contribution in [0.1, 0.15) is 55.7 Å². The van der Waals surface area contributed by atoms with E-state index in [1.165, 1.54) is 51.5 Å². The van der Waals surface area contributed by atoms with E-state index < -0.39 is 33.1 Å². The van der Waals surface area contributed by atoms with Crippen molar-refractivity contribution < 1.29 is 27.0 Å². The van der Waals surface area contributed by atoms with E-state index in [1.54, 1.807) is 0 Å². The van der Waals surface area contributed by atoms with Crippen LogP contribution in [0.4, 0.5) is 4.39 Å². The van der Waals surface area contributed by atoms with Gasteiger partial charge in [0.25, 0.3) is 0 Å². The van der Waals surface area contributed by atoms with Gasteiger partial charge in [-0.1, -0.05) is 11.6 Å². The zero-order valence-corrected chi connectivity index (χ0v) is 22.3. The van der Waals surface area contributed by atoms with Crippen molar-refractivity contribution in [1.29, 1.82) is 0 Å². The Morgan fingerprint density at radius 3 is 2.27 bits per heavy atom. The molecular formula is C22H27ClFN7O5S. The van der Waals surface area contributed by atoms with Crippen molar-refractivity contribution >= 4 is 21.4 Å². The van der Waals surface area contributed by atoms with Crippen molar-refractivity contribution in [3.63, 3.8) is 0 Å². The molecule has 15 heteroatoms. The van der Waals surface area contributed by atoms with E-state index in [-0.39, 0.29) is 41.4 Å². The quantitative estimate of drug-likeness (QED) is 0.364.